The highest BCUT2D eigenvalue weighted by molar-refractivity contribution is 6.30. The smallest absolute Gasteiger partial charge is 0.220 e. The molecule has 1 atom stereocenters. The van der Waals surface area contributed by atoms with Crippen LogP contribution in [0.5, 0.6) is 11.5 Å². The molecule has 0 aliphatic carbocycles. The summed E-state index contributed by atoms with van der Waals surface area (Å²) < 4.78 is 10.7. The van der Waals surface area contributed by atoms with E-state index in [1.807, 2.05) is 43.3 Å². The molecule has 0 aromatic heterocycles. The maximum absolute atomic E-state index is 12.0. The molecule has 1 N–H and O–H groups in total. The number of hydrogen-bond donors (Lipinski definition) is 1. The summed E-state index contributed by atoms with van der Waals surface area (Å²) in [5, 5.41) is 3.66. The van der Waals surface area contributed by atoms with E-state index in [1.165, 1.54) is 0 Å². The minimum Gasteiger partial charge on any atom is -0.497 e. The van der Waals surface area contributed by atoms with Crippen LogP contribution in [-0.2, 0) is 4.79 Å². The number of nitrogens with one attached hydrogen (secondary N) is 1. The number of amides is 1. The van der Waals surface area contributed by atoms with Gasteiger partial charge in [-0.25, -0.2) is 0 Å². The van der Waals surface area contributed by atoms with E-state index < -0.39 is 0 Å². The average molecular weight is 348 g/mol. The summed E-state index contributed by atoms with van der Waals surface area (Å²) >= 11 is 5.81. The Morgan fingerprint density at radius 3 is 2.33 bits per heavy atom. The van der Waals surface area contributed by atoms with E-state index in [0.29, 0.717) is 24.5 Å². The van der Waals surface area contributed by atoms with Crippen molar-refractivity contribution in [3.8, 4) is 11.5 Å². The second-order valence-electron chi connectivity index (χ2n) is 5.47. The van der Waals surface area contributed by atoms with E-state index in [-0.39, 0.29) is 11.9 Å². The highest BCUT2D eigenvalue weighted by Crippen LogP contribution is 2.18. The van der Waals surface area contributed by atoms with Gasteiger partial charge in [-0.05, 0) is 55.3 Å². The first kappa shape index (κ1) is 18.1. The zero-order valence-electron chi connectivity index (χ0n) is 13.9. The highest BCUT2D eigenvalue weighted by Gasteiger charge is 2.09. The molecular weight excluding hydrogens is 326 g/mol. The summed E-state index contributed by atoms with van der Waals surface area (Å²) in [6.07, 6.45) is 1.08. The van der Waals surface area contributed by atoms with Gasteiger partial charge in [-0.2, -0.15) is 0 Å². The van der Waals surface area contributed by atoms with Gasteiger partial charge in [0.15, 0.2) is 0 Å². The summed E-state index contributed by atoms with van der Waals surface area (Å²) in [6.45, 7) is 2.45. The van der Waals surface area contributed by atoms with Crippen LogP contribution in [0.15, 0.2) is 48.5 Å². The quantitative estimate of drug-likeness (QED) is 0.721. The first-order valence-corrected chi connectivity index (χ1v) is 8.28. The van der Waals surface area contributed by atoms with Crippen molar-refractivity contribution in [2.45, 2.75) is 25.8 Å². The van der Waals surface area contributed by atoms with Crippen molar-refractivity contribution in [1.29, 1.82) is 0 Å². The van der Waals surface area contributed by atoms with Crippen molar-refractivity contribution >= 4 is 17.5 Å². The topological polar surface area (TPSA) is 47.6 Å². The summed E-state index contributed by atoms with van der Waals surface area (Å²) in [4.78, 5) is 12.0. The fraction of sp³-hybridized carbons (Fsp3) is 0.316. The van der Waals surface area contributed by atoms with E-state index in [2.05, 4.69) is 5.32 Å². The monoisotopic (exact) mass is 347 g/mol. The molecular formula is C19H22ClNO3. The fourth-order valence-electron chi connectivity index (χ4n) is 2.24. The number of halogens is 1. The van der Waals surface area contributed by atoms with E-state index >= 15 is 0 Å². The van der Waals surface area contributed by atoms with Gasteiger partial charge in [-0.15, -0.1) is 0 Å². The fourth-order valence-corrected chi connectivity index (χ4v) is 2.37. The van der Waals surface area contributed by atoms with Crippen molar-refractivity contribution in [3.05, 3.63) is 59.1 Å². The first-order valence-electron chi connectivity index (χ1n) is 7.90. The number of carbonyl (C=O) groups excluding carboxylic acids is 1. The van der Waals surface area contributed by atoms with E-state index in [0.717, 1.165) is 17.1 Å². The molecule has 1 unspecified atom stereocenters. The van der Waals surface area contributed by atoms with Gasteiger partial charge < -0.3 is 14.8 Å². The standard InChI is InChI=1S/C19H22ClNO3/c1-14(15-5-9-17(23-2)10-6-15)21-19(22)4-3-13-24-18-11-7-16(20)8-12-18/h5-12,14H,3-4,13H2,1-2H3,(H,21,22). The van der Waals surface area contributed by atoms with Crippen LogP contribution in [0.25, 0.3) is 0 Å². The van der Waals surface area contributed by atoms with Crippen molar-refractivity contribution in [3.63, 3.8) is 0 Å². The summed E-state index contributed by atoms with van der Waals surface area (Å²) in [7, 11) is 1.63. The molecule has 0 radical (unpaired) electrons. The minimum atomic E-state index is -0.0411. The Bertz CT molecular complexity index is 641. The number of methoxy groups -OCH3 is 1. The number of carbonyl (C=O) groups is 1. The van der Waals surface area contributed by atoms with E-state index in [4.69, 9.17) is 21.1 Å². The third kappa shape index (κ3) is 5.78. The third-order valence-corrected chi connectivity index (χ3v) is 3.88. The van der Waals surface area contributed by atoms with Crippen LogP contribution in [0.2, 0.25) is 5.02 Å². The molecule has 5 heteroatoms. The lowest BCUT2D eigenvalue weighted by molar-refractivity contribution is -0.121. The number of rotatable bonds is 8. The molecule has 0 aliphatic rings. The van der Waals surface area contributed by atoms with Gasteiger partial charge in [-0.3, -0.25) is 4.79 Å². The van der Waals surface area contributed by atoms with Crippen LogP contribution in [0.4, 0.5) is 0 Å². The molecule has 0 heterocycles. The number of benzene rings is 2. The maximum atomic E-state index is 12.0. The average Bonchev–Trinajstić information content (AvgIpc) is 2.60. The van der Waals surface area contributed by atoms with E-state index in [1.54, 1.807) is 19.2 Å². The highest BCUT2D eigenvalue weighted by atomic mass is 35.5. The van der Waals surface area contributed by atoms with Crippen LogP contribution >= 0.6 is 11.6 Å². The predicted molar refractivity (Wildman–Crippen MR) is 95.7 cm³/mol. The second kappa shape index (κ2) is 9.18. The van der Waals surface area contributed by atoms with Crippen LogP contribution in [0.1, 0.15) is 31.4 Å². The molecule has 128 valence electrons. The largest absolute Gasteiger partial charge is 0.497 e. The Labute approximate surface area is 147 Å². The summed E-state index contributed by atoms with van der Waals surface area (Å²) in [5.41, 5.74) is 1.04. The molecule has 4 nitrogen and oxygen atoms in total. The molecule has 2 aromatic rings. The zero-order valence-corrected chi connectivity index (χ0v) is 14.7. The zero-order chi connectivity index (χ0) is 17.4. The normalized spacial score (nSPS) is 11.6. The third-order valence-electron chi connectivity index (χ3n) is 3.62. The van der Waals surface area contributed by atoms with Crippen molar-refractivity contribution < 1.29 is 14.3 Å². The van der Waals surface area contributed by atoms with Crippen molar-refractivity contribution in [1.82, 2.24) is 5.32 Å². The Morgan fingerprint density at radius 2 is 1.71 bits per heavy atom. The molecule has 0 aliphatic heterocycles. The van der Waals surface area contributed by atoms with Crippen LogP contribution in [0.3, 0.4) is 0 Å². The molecule has 24 heavy (non-hydrogen) atoms. The minimum absolute atomic E-state index is 0.0121. The molecule has 0 bridgehead atoms. The van der Waals surface area contributed by atoms with Gasteiger partial charge in [-0.1, -0.05) is 23.7 Å². The lowest BCUT2D eigenvalue weighted by Gasteiger charge is -2.15. The van der Waals surface area contributed by atoms with Gasteiger partial charge in [0.05, 0.1) is 19.8 Å². The molecule has 1 amide bonds. The van der Waals surface area contributed by atoms with Crippen molar-refractivity contribution in [2.24, 2.45) is 0 Å². The van der Waals surface area contributed by atoms with Gasteiger partial charge in [0.2, 0.25) is 5.91 Å². The van der Waals surface area contributed by atoms with Crippen LogP contribution in [0, 0.1) is 0 Å². The summed E-state index contributed by atoms with van der Waals surface area (Å²) in [5.74, 6) is 1.57. The predicted octanol–water partition coefficient (Wildman–Crippen LogP) is 4.39. The molecule has 0 saturated carbocycles. The lowest BCUT2D eigenvalue weighted by Crippen LogP contribution is -2.26. The van der Waals surface area contributed by atoms with E-state index in [9.17, 15) is 4.79 Å². The SMILES string of the molecule is COc1ccc(C(C)NC(=O)CCCOc2ccc(Cl)cc2)cc1. The van der Waals surface area contributed by atoms with Gasteiger partial charge in [0.25, 0.3) is 0 Å². The lowest BCUT2D eigenvalue weighted by atomic mass is 10.1. The maximum Gasteiger partial charge on any atom is 0.220 e. The Hall–Kier alpha value is -2.20. The van der Waals surface area contributed by atoms with Crippen LogP contribution in [-0.4, -0.2) is 19.6 Å². The Morgan fingerprint density at radius 1 is 1.08 bits per heavy atom. The van der Waals surface area contributed by atoms with Crippen molar-refractivity contribution in [2.75, 3.05) is 13.7 Å². The van der Waals surface area contributed by atoms with Crippen LogP contribution < -0.4 is 14.8 Å². The molecule has 2 rings (SSSR count). The Kier molecular flexibility index (Phi) is 6.94. The summed E-state index contributed by atoms with van der Waals surface area (Å²) in [6, 6.07) is 14.8. The second-order valence-corrected chi connectivity index (χ2v) is 5.90. The molecule has 2 aromatic carbocycles. The number of ether oxygens (including phenoxy) is 2. The van der Waals surface area contributed by atoms with Gasteiger partial charge in [0.1, 0.15) is 11.5 Å². The molecule has 0 fully saturated rings. The Balaban J connectivity index is 1.69. The number of hydrogen-bond acceptors (Lipinski definition) is 3. The van der Waals surface area contributed by atoms with Gasteiger partial charge in [0, 0.05) is 11.4 Å². The molecule has 0 spiro atoms. The molecule has 0 saturated heterocycles. The first-order chi connectivity index (χ1) is 11.6. The van der Waals surface area contributed by atoms with Gasteiger partial charge >= 0.3 is 0 Å².